The molecule has 1 aromatic rings. The standard InChI is InChI=1S/C14H17NO2S/c1-12(13-8-4-2-5-9-13)15-18(16,17)14-10-6-3-7-11-14/h3,6-8,10-11H,2,4-5,9H2,1H3/b15-12-. The molecular weight excluding hydrogens is 246 g/mol. The maximum absolute atomic E-state index is 12.1. The Bertz CT molecular complexity index is 571. The third-order valence-electron chi connectivity index (χ3n) is 3.05. The van der Waals surface area contributed by atoms with Crippen LogP contribution in [0.4, 0.5) is 0 Å². The number of rotatable bonds is 3. The van der Waals surface area contributed by atoms with Gasteiger partial charge in [-0.05, 0) is 50.3 Å². The largest absolute Gasteiger partial charge is 0.282 e. The fourth-order valence-electron chi connectivity index (χ4n) is 2.05. The monoisotopic (exact) mass is 263 g/mol. The quantitative estimate of drug-likeness (QED) is 0.785. The zero-order chi connectivity index (χ0) is 13.0. The SMILES string of the molecule is C/C(=N/S(=O)(=O)c1ccccc1)C1=CCCCC1. The second-order valence-electron chi connectivity index (χ2n) is 4.44. The van der Waals surface area contributed by atoms with Gasteiger partial charge in [-0.2, -0.15) is 12.8 Å². The molecule has 0 spiro atoms. The predicted molar refractivity (Wildman–Crippen MR) is 73.3 cm³/mol. The fourth-order valence-corrected chi connectivity index (χ4v) is 3.14. The van der Waals surface area contributed by atoms with Gasteiger partial charge >= 0.3 is 0 Å². The van der Waals surface area contributed by atoms with Crippen LogP contribution in [0, 0.1) is 0 Å². The molecule has 0 aromatic heterocycles. The van der Waals surface area contributed by atoms with Crippen molar-refractivity contribution >= 4 is 15.7 Å². The Hall–Kier alpha value is -1.42. The summed E-state index contributed by atoms with van der Waals surface area (Å²) < 4.78 is 28.1. The highest BCUT2D eigenvalue weighted by Gasteiger charge is 2.14. The lowest BCUT2D eigenvalue weighted by Gasteiger charge is -2.12. The highest BCUT2D eigenvalue weighted by atomic mass is 32.2. The van der Waals surface area contributed by atoms with Crippen molar-refractivity contribution in [1.29, 1.82) is 0 Å². The predicted octanol–water partition coefficient (Wildman–Crippen LogP) is 3.34. The summed E-state index contributed by atoms with van der Waals surface area (Å²) >= 11 is 0. The van der Waals surface area contributed by atoms with Crippen molar-refractivity contribution in [2.24, 2.45) is 4.40 Å². The molecule has 1 aromatic carbocycles. The molecular formula is C14H17NO2S. The first-order chi connectivity index (χ1) is 8.59. The molecule has 0 heterocycles. The topological polar surface area (TPSA) is 46.5 Å². The Morgan fingerprint density at radius 3 is 2.50 bits per heavy atom. The van der Waals surface area contributed by atoms with Crippen LogP contribution in [0.2, 0.25) is 0 Å². The Morgan fingerprint density at radius 2 is 1.89 bits per heavy atom. The number of sulfonamides is 1. The normalized spacial score (nSPS) is 17.4. The van der Waals surface area contributed by atoms with Gasteiger partial charge in [-0.15, -0.1) is 0 Å². The molecule has 0 radical (unpaired) electrons. The minimum Gasteiger partial charge on any atom is -0.199 e. The van der Waals surface area contributed by atoms with E-state index < -0.39 is 10.0 Å². The first-order valence-electron chi connectivity index (χ1n) is 6.15. The Balaban J connectivity index is 2.29. The molecule has 2 rings (SSSR count). The van der Waals surface area contributed by atoms with Crippen LogP contribution in [-0.4, -0.2) is 14.1 Å². The van der Waals surface area contributed by atoms with Crippen molar-refractivity contribution in [1.82, 2.24) is 0 Å². The van der Waals surface area contributed by atoms with E-state index in [-0.39, 0.29) is 4.90 Å². The Morgan fingerprint density at radius 1 is 1.17 bits per heavy atom. The molecule has 0 aliphatic heterocycles. The number of allylic oxidation sites excluding steroid dienone is 2. The van der Waals surface area contributed by atoms with Crippen molar-refractivity contribution in [3.8, 4) is 0 Å². The molecule has 0 N–H and O–H groups in total. The zero-order valence-electron chi connectivity index (χ0n) is 10.5. The van der Waals surface area contributed by atoms with E-state index >= 15 is 0 Å². The lowest BCUT2D eigenvalue weighted by atomic mass is 9.97. The molecule has 0 fully saturated rings. The molecule has 0 saturated carbocycles. The highest BCUT2D eigenvalue weighted by Crippen LogP contribution is 2.20. The molecule has 18 heavy (non-hydrogen) atoms. The first-order valence-corrected chi connectivity index (χ1v) is 7.59. The van der Waals surface area contributed by atoms with Gasteiger partial charge in [-0.25, -0.2) is 0 Å². The van der Waals surface area contributed by atoms with Gasteiger partial charge in [0.05, 0.1) is 10.6 Å². The maximum Gasteiger partial charge on any atom is 0.282 e. The smallest absolute Gasteiger partial charge is 0.199 e. The van der Waals surface area contributed by atoms with E-state index in [1.54, 1.807) is 37.3 Å². The van der Waals surface area contributed by atoms with Crippen LogP contribution >= 0.6 is 0 Å². The number of benzene rings is 1. The van der Waals surface area contributed by atoms with E-state index in [1.807, 2.05) is 0 Å². The first kappa shape index (κ1) is 13.0. The van der Waals surface area contributed by atoms with Crippen LogP contribution in [0.15, 0.2) is 51.3 Å². The molecule has 1 aliphatic rings. The summed E-state index contributed by atoms with van der Waals surface area (Å²) in [4.78, 5) is 0.251. The van der Waals surface area contributed by atoms with Crippen LogP contribution in [0.3, 0.4) is 0 Å². The zero-order valence-corrected chi connectivity index (χ0v) is 11.3. The molecule has 0 bridgehead atoms. The summed E-state index contributed by atoms with van der Waals surface area (Å²) in [5, 5.41) is 0. The van der Waals surface area contributed by atoms with Gasteiger partial charge in [-0.1, -0.05) is 24.3 Å². The molecule has 0 unspecified atom stereocenters. The van der Waals surface area contributed by atoms with Crippen LogP contribution in [0.25, 0.3) is 0 Å². The summed E-state index contributed by atoms with van der Waals surface area (Å²) in [6.45, 7) is 1.78. The molecule has 96 valence electrons. The molecule has 0 atom stereocenters. The number of hydrogen-bond donors (Lipinski definition) is 0. The van der Waals surface area contributed by atoms with E-state index in [0.717, 1.165) is 24.8 Å². The van der Waals surface area contributed by atoms with Crippen LogP contribution < -0.4 is 0 Å². The van der Waals surface area contributed by atoms with Crippen molar-refractivity contribution in [3.63, 3.8) is 0 Å². The van der Waals surface area contributed by atoms with Crippen molar-refractivity contribution in [2.75, 3.05) is 0 Å². The van der Waals surface area contributed by atoms with Crippen LogP contribution in [-0.2, 0) is 10.0 Å². The summed E-state index contributed by atoms with van der Waals surface area (Å²) in [6, 6.07) is 8.34. The van der Waals surface area contributed by atoms with Crippen molar-refractivity contribution in [3.05, 3.63) is 42.0 Å². The van der Waals surface area contributed by atoms with E-state index in [4.69, 9.17) is 0 Å². The second kappa shape index (κ2) is 5.48. The van der Waals surface area contributed by atoms with E-state index in [0.29, 0.717) is 5.71 Å². The molecule has 0 saturated heterocycles. The van der Waals surface area contributed by atoms with Crippen molar-refractivity contribution < 1.29 is 8.42 Å². The van der Waals surface area contributed by atoms with Crippen molar-refractivity contribution in [2.45, 2.75) is 37.5 Å². The summed E-state index contributed by atoms with van der Waals surface area (Å²) in [5.74, 6) is 0. The highest BCUT2D eigenvalue weighted by molar-refractivity contribution is 7.90. The Labute approximate surface area is 108 Å². The average Bonchev–Trinajstić information content (AvgIpc) is 2.40. The third-order valence-corrected chi connectivity index (χ3v) is 4.44. The molecule has 1 aliphatic carbocycles. The van der Waals surface area contributed by atoms with Gasteiger partial charge in [-0.3, -0.25) is 0 Å². The Kier molecular flexibility index (Phi) is 3.97. The molecule has 0 amide bonds. The van der Waals surface area contributed by atoms with E-state index in [9.17, 15) is 8.42 Å². The van der Waals surface area contributed by atoms with Gasteiger partial charge in [0.25, 0.3) is 10.0 Å². The van der Waals surface area contributed by atoms with Gasteiger partial charge in [0.2, 0.25) is 0 Å². The van der Waals surface area contributed by atoms with Gasteiger partial charge in [0, 0.05) is 0 Å². The van der Waals surface area contributed by atoms with Gasteiger partial charge in [0.15, 0.2) is 0 Å². The molecule has 4 heteroatoms. The lowest BCUT2D eigenvalue weighted by Crippen LogP contribution is -2.06. The van der Waals surface area contributed by atoms with Crippen LogP contribution in [0.1, 0.15) is 32.6 Å². The summed E-state index contributed by atoms with van der Waals surface area (Å²) in [7, 11) is -3.56. The lowest BCUT2D eigenvalue weighted by molar-refractivity contribution is 0.598. The minimum atomic E-state index is -3.56. The second-order valence-corrected chi connectivity index (χ2v) is 6.04. The summed E-state index contributed by atoms with van der Waals surface area (Å²) in [6.07, 6.45) is 6.35. The molecule has 3 nitrogen and oxygen atoms in total. The number of nitrogens with zero attached hydrogens (tertiary/aromatic N) is 1. The van der Waals surface area contributed by atoms with Crippen LogP contribution in [0.5, 0.6) is 0 Å². The van der Waals surface area contributed by atoms with Gasteiger partial charge in [0.1, 0.15) is 0 Å². The fraction of sp³-hybridized carbons (Fsp3) is 0.357. The van der Waals surface area contributed by atoms with Gasteiger partial charge < -0.3 is 0 Å². The van der Waals surface area contributed by atoms with E-state index in [1.165, 1.54) is 6.42 Å². The number of hydrogen-bond acceptors (Lipinski definition) is 2. The average molecular weight is 263 g/mol. The third kappa shape index (κ3) is 3.07. The summed E-state index contributed by atoms with van der Waals surface area (Å²) in [5.41, 5.74) is 1.69. The minimum absolute atomic E-state index is 0.251. The van der Waals surface area contributed by atoms with E-state index in [2.05, 4.69) is 10.5 Å². The maximum atomic E-state index is 12.1.